The third-order valence-corrected chi connectivity index (χ3v) is 5.41. The maximum Gasteiger partial charge on any atom is 0.255 e. The van der Waals surface area contributed by atoms with Crippen LogP contribution in [0.3, 0.4) is 0 Å². The summed E-state index contributed by atoms with van der Waals surface area (Å²) in [5.74, 6) is 1.26. The molecule has 1 aliphatic heterocycles. The van der Waals surface area contributed by atoms with Crippen LogP contribution in [-0.2, 0) is 17.8 Å². The lowest BCUT2D eigenvalue weighted by Crippen LogP contribution is -2.50. The van der Waals surface area contributed by atoms with Crippen molar-refractivity contribution in [2.24, 2.45) is 5.92 Å². The van der Waals surface area contributed by atoms with E-state index in [0.29, 0.717) is 44.0 Å². The van der Waals surface area contributed by atoms with Crippen LogP contribution in [0, 0.1) is 5.92 Å². The predicted molar refractivity (Wildman–Crippen MR) is 120 cm³/mol. The van der Waals surface area contributed by atoms with E-state index in [4.69, 9.17) is 9.47 Å². The number of ether oxygens (including phenoxy) is 2. The summed E-state index contributed by atoms with van der Waals surface area (Å²) in [5, 5.41) is 3.02. The van der Waals surface area contributed by atoms with Crippen LogP contribution < -0.4 is 14.8 Å². The Bertz CT molecular complexity index is 925. The molecule has 0 saturated carbocycles. The number of nitrogens with one attached hydrogen (secondary N) is 1. The van der Waals surface area contributed by atoms with Crippen molar-refractivity contribution in [2.75, 3.05) is 19.8 Å². The summed E-state index contributed by atoms with van der Waals surface area (Å²) in [6.45, 7) is 9.91. The summed E-state index contributed by atoms with van der Waals surface area (Å²) < 4.78 is 11.3. The topological polar surface area (TPSA) is 67.9 Å². The molecule has 0 bridgehead atoms. The molecule has 2 amide bonds. The highest BCUT2D eigenvalue weighted by molar-refractivity contribution is 6.01. The van der Waals surface area contributed by atoms with Crippen LogP contribution in [0.1, 0.15) is 49.2 Å². The largest absolute Gasteiger partial charge is 0.490 e. The average Bonchev–Trinajstić information content (AvgIpc) is 3.06. The summed E-state index contributed by atoms with van der Waals surface area (Å²) in [5.41, 5.74) is 2.72. The minimum atomic E-state index is -0.501. The number of carbonyl (C=O) groups is 2. The molecule has 0 spiro atoms. The SMILES string of the molecule is CCOc1ccc(CCNC(=O)[C@H](C(C)C)N2Cc3ccccc3C2=O)cc1OCC. The molecule has 6 nitrogen and oxygen atoms in total. The second-order valence-electron chi connectivity index (χ2n) is 7.97. The van der Waals surface area contributed by atoms with Crippen LogP contribution >= 0.6 is 0 Å². The van der Waals surface area contributed by atoms with Crippen molar-refractivity contribution in [1.82, 2.24) is 10.2 Å². The summed E-state index contributed by atoms with van der Waals surface area (Å²) in [4.78, 5) is 27.6. The molecule has 0 saturated heterocycles. The fourth-order valence-electron chi connectivity index (χ4n) is 3.99. The molecule has 1 N–H and O–H groups in total. The van der Waals surface area contributed by atoms with Gasteiger partial charge in [-0.1, -0.05) is 38.1 Å². The number of fused-ring (bicyclic) bond motifs is 1. The molecule has 1 atom stereocenters. The zero-order valence-corrected chi connectivity index (χ0v) is 18.8. The van der Waals surface area contributed by atoms with Gasteiger partial charge in [0.1, 0.15) is 6.04 Å². The van der Waals surface area contributed by atoms with Gasteiger partial charge in [0.25, 0.3) is 5.91 Å². The standard InChI is InChI=1S/C25H32N2O4/c1-5-30-21-12-11-18(15-22(21)31-6-2)13-14-26-24(28)23(17(3)4)27-16-19-9-7-8-10-20(19)25(27)29/h7-12,15,17,23H,5-6,13-14,16H2,1-4H3,(H,26,28)/t23-/m0/s1. The second kappa shape index (κ2) is 10.3. The smallest absolute Gasteiger partial charge is 0.255 e. The van der Waals surface area contributed by atoms with E-state index in [0.717, 1.165) is 16.9 Å². The van der Waals surface area contributed by atoms with Gasteiger partial charge in [-0.2, -0.15) is 0 Å². The Morgan fingerprint density at radius 3 is 2.45 bits per heavy atom. The zero-order chi connectivity index (χ0) is 22.4. The van der Waals surface area contributed by atoms with E-state index in [2.05, 4.69) is 5.32 Å². The molecule has 3 rings (SSSR count). The Kier molecular flexibility index (Phi) is 7.55. The average molecular weight is 425 g/mol. The summed E-state index contributed by atoms with van der Waals surface area (Å²) in [7, 11) is 0. The van der Waals surface area contributed by atoms with Crippen LogP contribution in [0.2, 0.25) is 0 Å². The molecule has 0 radical (unpaired) electrons. The maximum absolute atomic E-state index is 13.0. The Morgan fingerprint density at radius 2 is 1.77 bits per heavy atom. The van der Waals surface area contributed by atoms with Gasteiger partial charge in [0.2, 0.25) is 5.91 Å². The van der Waals surface area contributed by atoms with Gasteiger partial charge in [-0.15, -0.1) is 0 Å². The summed E-state index contributed by atoms with van der Waals surface area (Å²) in [6.07, 6.45) is 0.664. The molecule has 1 heterocycles. The van der Waals surface area contributed by atoms with Crippen molar-refractivity contribution in [2.45, 2.75) is 46.7 Å². The lowest BCUT2D eigenvalue weighted by atomic mass is 10.0. The number of amides is 2. The van der Waals surface area contributed by atoms with Crippen molar-refractivity contribution in [3.8, 4) is 11.5 Å². The van der Waals surface area contributed by atoms with Crippen LogP contribution in [0.4, 0.5) is 0 Å². The van der Waals surface area contributed by atoms with E-state index in [9.17, 15) is 9.59 Å². The third-order valence-electron chi connectivity index (χ3n) is 5.41. The highest BCUT2D eigenvalue weighted by atomic mass is 16.5. The predicted octanol–water partition coefficient (Wildman–Crippen LogP) is 3.82. The highest BCUT2D eigenvalue weighted by Crippen LogP contribution is 2.29. The number of carbonyl (C=O) groups excluding carboxylic acids is 2. The lowest BCUT2D eigenvalue weighted by molar-refractivity contribution is -0.127. The molecule has 0 aromatic heterocycles. The van der Waals surface area contributed by atoms with Gasteiger partial charge in [-0.25, -0.2) is 0 Å². The zero-order valence-electron chi connectivity index (χ0n) is 18.8. The van der Waals surface area contributed by atoms with Gasteiger partial charge in [0, 0.05) is 18.7 Å². The fourth-order valence-corrected chi connectivity index (χ4v) is 3.99. The van der Waals surface area contributed by atoms with Crippen molar-refractivity contribution in [3.63, 3.8) is 0 Å². The van der Waals surface area contributed by atoms with E-state index in [1.54, 1.807) is 4.90 Å². The van der Waals surface area contributed by atoms with Gasteiger partial charge in [0.15, 0.2) is 11.5 Å². The Hall–Kier alpha value is -3.02. The molecule has 1 aliphatic rings. The first-order valence-corrected chi connectivity index (χ1v) is 11.0. The number of rotatable bonds is 10. The molecule has 31 heavy (non-hydrogen) atoms. The van der Waals surface area contributed by atoms with E-state index >= 15 is 0 Å². The molecule has 166 valence electrons. The first-order valence-electron chi connectivity index (χ1n) is 11.0. The normalized spacial score (nSPS) is 13.8. The molecular formula is C25H32N2O4. The minimum absolute atomic E-state index is 0.00768. The van der Waals surface area contributed by atoms with E-state index < -0.39 is 6.04 Å². The van der Waals surface area contributed by atoms with Gasteiger partial charge >= 0.3 is 0 Å². The van der Waals surface area contributed by atoms with Crippen LogP contribution in [0.15, 0.2) is 42.5 Å². The molecular weight excluding hydrogens is 392 g/mol. The summed E-state index contributed by atoms with van der Waals surface area (Å²) >= 11 is 0. The van der Waals surface area contributed by atoms with Crippen LogP contribution in [0.5, 0.6) is 11.5 Å². The second-order valence-corrected chi connectivity index (χ2v) is 7.97. The number of nitrogens with zero attached hydrogens (tertiary/aromatic N) is 1. The van der Waals surface area contributed by atoms with Crippen molar-refractivity contribution in [1.29, 1.82) is 0 Å². The lowest BCUT2D eigenvalue weighted by Gasteiger charge is -2.30. The van der Waals surface area contributed by atoms with E-state index in [1.165, 1.54) is 0 Å². The fraction of sp³-hybridized carbons (Fsp3) is 0.440. The van der Waals surface area contributed by atoms with E-state index in [1.807, 2.05) is 70.2 Å². The summed E-state index contributed by atoms with van der Waals surface area (Å²) in [6, 6.07) is 12.9. The number of hydrogen-bond acceptors (Lipinski definition) is 4. The first-order chi connectivity index (χ1) is 15.0. The van der Waals surface area contributed by atoms with Gasteiger partial charge < -0.3 is 19.7 Å². The molecule has 2 aromatic carbocycles. The van der Waals surface area contributed by atoms with Crippen molar-refractivity contribution in [3.05, 3.63) is 59.2 Å². The van der Waals surface area contributed by atoms with Gasteiger partial charge in [-0.05, 0) is 55.5 Å². The Balaban J connectivity index is 1.63. The van der Waals surface area contributed by atoms with Crippen molar-refractivity contribution < 1.29 is 19.1 Å². The third kappa shape index (κ3) is 5.19. The first kappa shape index (κ1) is 22.7. The maximum atomic E-state index is 13.0. The minimum Gasteiger partial charge on any atom is -0.490 e. The number of benzene rings is 2. The molecule has 0 aliphatic carbocycles. The van der Waals surface area contributed by atoms with Crippen LogP contribution in [0.25, 0.3) is 0 Å². The Labute approximate surface area is 184 Å². The van der Waals surface area contributed by atoms with Gasteiger partial charge in [0.05, 0.1) is 13.2 Å². The Morgan fingerprint density at radius 1 is 1.06 bits per heavy atom. The van der Waals surface area contributed by atoms with Gasteiger partial charge in [-0.3, -0.25) is 9.59 Å². The molecule has 2 aromatic rings. The molecule has 0 unspecified atom stereocenters. The van der Waals surface area contributed by atoms with E-state index in [-0.39, 0.29) is 17.7 Å². The molecule has 6 heteroatoms. The van der Waals surface area contributed by atoms with Crippen molar-refractivity contribution >= 4 is 11.8 Å². The van der Waals surface area contributed by atoms with Crippen LogP contribution in [-0.4, -0.2) is 42.5 Å². The molecule has 0 fully saturated rings. The quantitative estimate of drug-likeness (QED) is 0.630. The number of hydrogen-bond donors (Lipinski definition) is 1. The highest BCUT2D eigenvalue weighted by Gasteiger charge is 2.37. The monoisotopic (exact) mass is 424 g/mol.